The third kappa shape index (κ3) is 3.92. The molecule has 0 unspecified atom stereocenters. The van der Waals surface area contributed by atoms with Gasteiger partial charge in [0, 0.05) is 12.1 Å². The van der Waals surface area contributed by atoms with Gasteiger partial charge in [0.2, 0.25) is 5.95 Å². The number of benzene rings is 2. The van der Waals surface area contributed by atoms with E-state index in [9.17, 15) is 4.39 Å². The zero-order chi connectivity index (χ0) is 18.5. The number of nitrogens with one attached hydrogen (secondary N) is 2. The van der Waals surface area contributed by atoms with Crippen LogP contribution < -0.4 is 20.1 Å². The summed E-state index contributed by atoms with van der Waals surface area (Å²) in [6, 6.07) is 9.52. The first kappa shape index (κ1) is 17.7. The largest absolute Gasteiger partial charge is 0.495 e. The quantitative estimate of drug-likeness (QED) is 0.669. The minimum Gasteiger partial charge on any atom is -0.495 e. The maximum Gasteiger partial charge on any atom is 0.249 e. The monoisotopic (exact) mass is 375 g/mol. The third-order valence-electron chi connectivity index (χ3n) is 3.42. The fourth-order valence-corrected chi connectivity index (χ4v) is 2.43. The van der Waals surface area contributed by atoms with Gasteiger partial charge in [0.15, 0.2) is 5.82 Å². The lowest BCUT2D eigenvalue weighted by Gasteiger charge is -2.13. The number of methoxy groups -OCH3 is 2. The van der Waals surface area contributed by atoms with Crippen molar-refractivity contribution in [2.45, 2.75) is 0 Å². The predicted molar refractivity (Wildman–Crippen MR) is 97.3 cm³/mol. The Labute approximate surface area is 154 Å². The van der Waals surface area contributed by atoms with E-state index in [4.69, 9.17) is 21.1 Å². The minimum atomic E-state index is -0.398. The van der Waals surface area contributed by atoms with E-state index in [0.29, 0.717) is 28.0 Å². The molecule has 3 aromatic rings. The fraction of sp³-hybridized carbons (Fsp3) is 0.118. The lowest BCUT2D eigenvalue weighted by Crippen LogP contribution is -2.04. The van der Waals surface area contributed by atoms with E-state index in [2.05, 4.69) is 25.8 Å². The third-order valence-corrected chi connectivity index (χ3v) is 3.71. The van der Waals surface area contributed by atoms with Crippen LogP contribution in [0.3, 0.4) is 0 Å². The molecule has 9 heteroatoms. The van der Waals surface area contributed by atoms with Crippen LogP contribution in [0.5, 0.6) is 11.5 Å². The summed E-state index contributed by atoms with van der Waals surface area (Å²) in [7, 11) is 3.02. The molecule has 1 aromatic heterocycles. The van der Waals surface area contributed by atoms with E-state index in [1.807, 2.05) is 0 Å². The van der Waals surface area contributed by atoms with E-state index in [1.54, 1.807) is 30.3 Å². The number of hydrogen-bond donors (Lipinski definition) is 2. The summed E-state index contributed by atoms with van der Waals surface area (Å²) in [5.74, 6) is 1.06. The normalized spacial score (nSPS) is 10.3. The number of para-hydroxylation sites is 1. The van der Waals surface area contributed by atoms with E-state index in [-0.39, 0.29) is 11.6 Å². The second-order valence-electron chi connectivity index (χ2n) is 5.08. The number of halogens is 2. The van der Waals surface area contributed by atoms with Crippen LogP contribution in [0.2, 0.25) is 5.02 Å². The van der Waals surface area contributed by atoms with Crippen molar-refractivity contribution < 1.29 is 13.9 Å². The SMILES string of the molecule is COc1cc(Nc2nncc(Nc3ccccc3F)n2)c(OC)cc1Cl. The van der Waals surface area contributed by atoms with Crippen molar-refractivity contribution in [1.82, 2.24) is 15.2 Å². The molecule has 0 aliphatic rings. The van der Waals surface area contributed by atoms with Crippen LogP contribution in [-0.4, -0.2) is 29.4 Å². The van der Waals surface area contributed by atoms with Gasteiger partial charge in [-0.15, -0.1) is 5.10 Å². The number of anilines is 4. The van der Waals surface area contributed by atoms with Crippen molar-refractivity contribution in [1.29, 1.82) is 0 Å². The lowest BCUT2D eigenvalue weighted by molar-refractivity contribution is 0.405. The highest BCUT2D eigenvalue weighted by Crippen LogP contribution is 2.36. The van der Waals surface area contributed by atoms with E-state index >= 15 is 0 Å². The highest BCUT2D eigenvalue weighted by atomic mass is 35.5. The topological polar surface area (TPSA) is 81.2 Å². The summed E-state index contributed by atoms with van der Waals surface area (Å²) >= 11 is 6.09. The summed E-state index contributed by atoms with van der Waals surface area (Å²) in [5.41, 5.74) is 0.822. The summed E-state index contributed by atoms with van der Waals surface area (Å²) in [4.78, 5) is 4.27. The Bertz CT molecular complexity index is 925. The first-order valence-corrected chi connectivity index (χ1v) is 7.88. The molecule has 0 spiro atoms. The van der Waals surface area contributed by atoms with E-state index in [1.165, 1.54) is 26.5 Å². The van der Waals surface area contributed by atoms with Crippen molar-refractivity contribution in [3.63, 3.8) is 0 Å². The Morgan fingerprint density at radius 3 is 2.50 bits per heavy atom. The highest BCUT2D eigenvalue weighted by molar-refractivity contribution is 6.32. The molecule has 134 valence electrons. The Morgan fingerprint density at radius 1 is 1.00 bits per heavy atom. The number of hydrogen-bond acceptors (Lipinski definition) is 7. The van der Waals surface area contributed by atoms with Gasteiger partial charge in [-0.25, -0.2) is 4.39 Å². The lowest BCUT2D eigenvalue weighted by atomic mass is 10.2. The molecular formula is C17H15ClFN5O2. The number of nitrogens with zero attached hydrogens (tertiary/aromatic N) is 3. The number of aromatic nitrogens is 3. The molecule has 0 aliphatic carbocycles. The first-order chi connectivity index (χ1) is 12.6. The molecule has 0 radical (unpaired) electrons. The molecule has 0 saturated carbocycles. The zero-order valence-corrected chi connectivity index (χ0v) is 14.7. The molecule has 2 aromatic carbocycles. The molecule has 0 bridgehead atoms. The molecule has 0 aliphatic heterocycles. The average molecular weight is 376 g/mol. The standard InChI is InChI=1S/C17H15ClFN5O2/c1-25-14-8-13(15(26-2)7-10(14)18)22-17-23-16(9-20-24-17)21-12-6-4-3-5-11(12)19/h3-9H,1-2H3,(H2,21,22,23,24). The van der Waals surface area contributed by atoms with Crippen LogP contribution >= 0.6 is 11.6 Å². The summed E-state index contributed by atoms with van der Waals surface area (Å²) in [6.45, 7) is 0. The summed E-state index contributed by atoms with van der Waals surface area (Å²) < 4.78 is 24.3. The molecule has 2 N–H and O–H groups in total. The number of rotatable bonds is 6. The summed E-state index contributed by atoms with van der Waals surface area (Å²) in [5, 5.41) is 14.0. The van der Waals surface area contributed by atoms with Gasteiger partial charge >= 0.3 is 0 Å². The first-order valence-electron chi connectivity index (χ1n) is 7.50. The molecular weight excluding hydrogens is 361 g/mol. The minimum absolute atomic E-state index is 0.189. The van der Waals surface area contributed by atoms with Gasteiger partial charge in [-0.1, -0.05) is 23.7 Å². The van der Waals surface area contributed by atoms with Crippen molar-refractivity contribution in [3.8, 4) is 11.5 Å². The molecule has 0 amide bonds. The van der Waals surface area contributed by atoms with E-state index < -0.39 is 5.82 Å². The maximum atomic E-state index is 13.8. The number of ether oxygens (including phenoxy) is 2. The molecule has 1 heterocycles. The second-order valence-corrected chi connectivity index (χ2v) is 5.49. The molecule has 0 atom stereocenters. The van der Waals surface area contributed by atoms with Crippen LogP contribution in [0.1, 0.15) is 0 Å². The Kier molecular flexibility index (Phi) is 5.33. The van der Waals surface area contributed by atoms with Gasteiger partial charge in [-0.3, -0.25) is 0 Å². The zero-order valence-electron chi connectivity index (χ0n) is 14.0. The summed E-state index contributed by atoms with van der Waals surface area (Å²) in [6.07, 6.45) is 1.39. The van der Waals surface area contributed by atoms with Crippen molar-refractivity contribution in [2.24, 2.45) is 0 Å². The Morgan fingerprint density at radius 2 is 1.77 bits per heavy atom. The smallest absolute Gasteiger partial charge is 0.249 e. The van der Waals surface area contributed by atoms with Crippen molar-refractivity contribution >= 4 is 34.7 Å². The maximum absolute atomic E-state index is 13.8. The molecule has 3 rings (SSSR count). The van der Waals surface area contributed by atoms with Crippen LogP contribution in [0.4, 0.5) is 27.5 Å². The van der Waals surface area contributed by atoms with Crippen molar-refractivity contribution in [3.05, 3.63) is 53.4 Å². The molecule has 26 heavy (non-hydrogen) atoms. The van der Waals surface area contributed by atoms with Crippen LogP contribution in [0.25, 0.3) is 0 Å². The molecule has 0 saturated heterocycles. The average Bonchev–Trinajstić information content (AvgIpc) is 2.65. The van der Waals surface area contributed by atoms with Gasteiger partial charge in [-0.05, 0) is 12.1 Å². The van der Waals surface area contributed by atoms with Gasteiger partial charge in [0.05, 0.1) is 36.8 Å². The highest BCUT2D eigenvalue weighted by Gasteiger charge is 2.12. The molecule has 0 fully saturated rings. The molecule has 7 nitrogen and oxygen atoms in total. The van der Waals surface area contributed by atoms with Crippen LogP contribution in [0, 0.1) is 5.82 Å². The van der Waals surface area contributed by atoms with E-state index in [0.717, 1.165) is 0 Å². The van der Waals surface area contributed by atoms with Gasteiger partial charge < -0.3 is 20.1 Å². The van der Waals surface area contributed by atoms with Gasteiger partial charge in [-0.2, -0.15) is 10.1 Å². The second kappa shape index (κ2) is 7.83. The van der Waals surface area contributed by atoms with Crippen molar-refractivity contribution in [2.75, 3.05) is 24.9 Å². The van der Waals surface area contributed by atoms with Crippen LogP contribution in [0.15, 0.2) is 42.6 Å². The predicted octanol–water partition coefficient (Wildman–Crippen LogP) is 4.17. The van der Waals surface area contributed by atoms with Gasteiger partial charge in [0.25, 0.3) is 0 Å². The van der Waals surface area contributed by atoms with Crippen LogP contribution in [-0.2, 0) is 0 Å². The van der Waals surface area contributed by atoms with Gasteiger partial charge in [0.1, 0.15) is 17.3 Å². The fourth-order valence-electron chi connectivity index (χ4n) is 2.20. The Hall–Kier alpha value is -3.13. The Balaban J connectivity index is 1.86.